The van der Waals surface area contributed by atoms with Crippen molar-refractivity contribution in [1.29, 1.82) is 0 Å². The molecule has 0 amide bonds. The molecule has 29 heavy (non-hydrogen) atoms. The number of nitrogens with zero attached hydrogens (tertiary/aromatic N) is 5. The van der Waals surface area contributed by atoms with E-state index in [0.717, 1.165) is 16.5 Å². The zero-order valence-corrected chi connectivity index (χ0v) is 14.6. The molecule has 3 heterocycles. The summed E-state index contributed by atoms with van der Waals surface area (Å²) in [6.45, 7) is 0.162. The molecular weight excluding hydrogens is 394 g/mol. The number of anilines is 1. The smallest absolute Gasteiger partial charge is 0.370 e. The van der Waals surface area contributed by atoms with Gasteiger partial charge in [0.2, 0.25) is 0 Å². The Kier molecular flexibility index (Phi) is 4.32. The number of hydrogen-bond acceptors (Lipinski definition) is 6. The Labute approximate surface area is 159 Å². The maximum atomic E-state index is 13.6. The number of rotatable bonds is 4. The fourth-order valence-corrected chi connectivity index (χ4v) is 2.92. The molecule has 1 aromatic carbocycles. The topological polar surface area (TPSA) is 103 Å². The van der Waals surface area contributed by atoms with Gasteiger partial charge in [0.05, 0.1) is 16.7 Å². The second kappa shape index (κ2) is 6.72. The number of benzene rings is 1. The average molecular weight is 407 g/mol. The maximum absolute atomic E-state index is 13.6. The van der Waals surface area contributed by atoms with Crippen LogP contribution < -0.4 is 16.8 Å². The molecule has 0 aliphatic carbocycles. The number of nitrogens with two attached hydrogens (primary N) is 1. The summed E-state index contributed by atoms with van der Waals surface area (Å²) in [5, 5.41) is 6.72. The summed E-state index contributed by atoms with van der Waals surface area (Å²) in [4.78, 5) is 20.8. The van der Waals surface area contributed by atoms with Crippen LogP contribution in [0.5, 0.6) is 0 Å². The molecule has 0 aliphatic heterocycles. The molecule has 0 saturated heterocycles. The molecule has 0 radical (unpaired) electrons. The Balaban J connectivity index is 1.66. The number of alkyl halides is 3. The van der Waals surface area contributed by atoms with Crippen LogP contribution >= 0.6 is 0 Å². The van der Waals surface area contributed by atoms with Crippen molar-refractivity contribution in [2.24, 2.45) is 0 Å². The van der Waals surface area contributed by atoms with E-state index in [1.165, 1.54) is 24.3 Å². The highest BCUT2D eigenvalue weighted by atomic mass is 19.4. The van der Waals surface area contributed by atoms with E-state index in [9.17, 15) is 22.4 Å². The fraction of sp³-hybridized carbons (Fsp3) is 0.176. The minimum atomic E-state index is -4.55. The number of hydrogen-bond donors (Lipinski definition) is 2. The van der Waals surface area contributed by atoms with Crippen LogP contribution in [-0.4, -0.2) is 30.8 Å². The van der Waals surface area contributed by atoms with E-state index in [2.05, 4.69) is 20.4 Å². The Morgan fingerprint density at radius 3 is 2.69 bits per heavy atom. The van der Waals surface area contributed by atoms with Gasteiger partial charge < -0.3 is 11.2 Å². The maximum Gasteiger partial charge on any atom is 0.433 e. The minimum absolute atomic E-state index is 0.0421. The molecule has 0 aliphatic rings. The number of fused-ring (bicyclic) bond motifs is 3. The van der Waals surface area contributed by atoms with Crippen molar-refractivity contribution >= 4 is 22.5 Å². The van der Waals surface area contributed by atoms with E-state index in [1.807, 2.05) is 0 Å². The lowest BCUT2D eigenvalue weighted by atomic mass is 10.2. The number of aromatic nitrogens is 5. The van der Waals surface area contributed by atoms with Gasteiger partial charge in [-0.05, 0) is 24.3 Å². The Hall–Kier alpha value is -3.70. The first kappa shape index (κ1) is 18.7. The van der Waals surface area contributed by atoms with Crippen LogP contribution in [0, 0.1) is 5.82 Å². The standard InChI is InChI=1S/C17H13F4N7O/c18-9-4-5-10-12(8-9)27-15(26-28(22)16(27)29)11(24-10)6-7-23-14-3-1-2-13(25-14)17(19,20)21/h1-5,8H,6-7,22H2,(H,23,25). The van der Waals surface area contributed by atoms with Crippen LogP contribution in [0.1, 0.15) is 11.4 Å². The molecule has 3 N–H and O–H groups in total. The lowest BCUT2D eigenvalue weighted by Gasteiger charge is -2.10. The normalized spacial score (nSPS) is 12.0. The van der Waals surface area contributed by atoms with Gasteiger partial charge in [0.1, 0.15) is 17.3 Å². The molecule has 4 aromatic rings. The van der Waals surface area contributed by atoms with Crippen molar-refractivity contribution in [3.05, 3.63) is 64.1 Å². The first-order valence-corrected chi connectivity index (χ1v) is 8.37. The third kappa shape index (κ3) is 3.44. The highest BCUT2D eigenvalue weighted by Crippen LogP contribution is 2.28. The Bertz CT molecular complexity index is 1280. The number of halogens is 4. The first-order valence-electron chi connectivity index (χ1n) is 8.37. The van der Waals surface area contributed by atoms with Crippen molar-refractivity contribution in [3.8, 4) is 0 Å². The summed E-state index contributed by atoms with van der Waals surface area (Å²) in [7, 11) is 0. The molecule has 0 saturated carbocycles. The monoisotopic (exact) mass is 407 g/mol. The SMILES string of the molecule is Nn1nc2c(CCNc3cccc(C(F)(F)F)n3)nc3ccc(F)cc3n2c1=O. The minimum Gasteiger partial charge on any atom is -0.370 e. The molecule has 150 valence electrons. The van der Waals surface area contributed by atoms with Gasteiger partial charge >= 0.3 is 11.9 Å². The molecule has 0 unspecified atom stereocenters. The molecule has 8 nitrogen and oxygen atoms in total. The van der Waals surface area contributed by atoms with Gasteiger partial charge in [0.15, 0.2) is 5.65 Å². The van der Waals surface area contributed by atoms with Gasteiger partial charge in [-0.15, -0.1) is 9.89 Å². The van der Waals surface area contributed by atoms with Crippen LogP contribution in [0.25, 0.3) is 16.7 Å². The quantitative estimate of drug-likeness (QED) is 0.396. The molecule has 12 heteroatoms. The van der Waals surface area contributed by atoms with Crippen molar-refractivity contribution in [3.63, 3.8) is 0 Å². The summed E-state index contributed by atoms with van der Waals surface area (Å²) >= 11 is 0. The Morgan fingerprint density at radius 2 is 1.93 bits per heavy atom. The highest BCUT2D eigenvalue weighted by molar-refractivity contribution is 5.78. The second-order valence-electron chi connectivity index (χ2n) is 6.16. The number of nitrogens with one attached hydrogen (secondary N) is 1. The first-order chi connectivity index (χ1) is 13.7. The van der Waals surface area contributed by atoms with E-state index in [0.29, 0.717) is 16.0 Å². The largest absolute Gasteiger partial charge is 0.433 e. The van der Waals surface area contributed by atoms with Crippen LogP contribution in [0.3, 0.4) is 0 Å². The molecule has 0 fully saturated rings. The van der Waals surface area contributed by atoms with Gasteiger partial charge in [-0.1, -0.05) is 6.07 Å². The predicted molar refractivity (Wildman–Crippen MR) is 96.3 cm³/mol. The van der Waals surface area contributed by atoms with Crippen molar-refractivity contribution in [2.75, 3.05) is 17.7 Å². The van der Waals surface area contributed by atoms with Crippen LogP contribution in [0.4, 0.5) is 23.4 Å². The second-order valence-corrected chi connectivity index (χ2v) is 6.16. The summed E-state index contributed by atoms with van der Waals surface area (Å²) in [5.41, 5.74) is -0.630. The van der Waals surface area contributed by atoms with Gasteiger partial charge in [0.25, 0.3) is 0 Å². The lowest BCUT2D eigenvalue weighted by molar-refractivity contribution is -0.141. The molecule has 4 rings (SSSR count). The average Bonchev–Trinajstić information content (AvgIpc) is 2.97. The molecular formula is C17H13F4N7O. The van der Waals surface area contributed by atoms with Gasteiger partial charge in [-0.25, -0.2) is 23.6 Å². The zero-order valence-electron chi connectivity index (χ0n) is 14.6. The van der Waals surface area contributed by atoms with E-state index < -0.39 is 23.4 Å². The van der Waals surface area contributed by atoms with Gasteiger partial charge in [-0.2, -0.15) is 13.2 Å². The number of nitrogen functional groups attached to an aromatic ring is 1. The molecule has 0 spiro atoms. The van der Waals surface area contributed by atoms with Crippen LogP contribution in [0.15, 0.2) is 41.2 Å². The zero-order chi connectivity index (χ0) is 20.8. The number of pyridine rings is 1. The summed E-state index contributed by atoms with van der Waals surface area (Å²) in [5.74, 6) is 5.03. The van der Waals surface area contributed by atoms with E-state index in [1.54, 1.807) is 0 Å². The van der Waals surface area contributed by atoms with Crippen molar-refractivity contribution < 1.29 is 17.6 Å². The van der Waals surface area contributed by atoms with Crippen molar-refractivity contribution in [1.82, 2.24) is 24.3 Å². The summed E-state index contributed by atoms with van der Waals surface area (Å²) in [6.07, 6.45) is -4.35. The summed E-state index contributed by atoms with van der Waals surface area (Å²) < 4.78 is 53.0. The predicted octanol–water partition coefficient (Wildman–Crippen LogP) is 1.97. The third-order valence-electron chi connectivity index (χ3n) is 4.20. The van der Waals surface area contributed by atoms with E-state index in [4.69, 9.17) is 5.84 Å². The molecule has 0 atom stereocenters. The Morgan fingerprint density at radius 1 is 1.14 bits per heavy atom. The summed E-state index contributed by atoms with van der Waals surface area (Å²) in [6, 6.07) is 7.28. The molecule has 0 bridgehead atoms. The van der Waals surface area contributed by atoms with Crippen molar-refractivity contribution in [2.45, 2.75) is 12.6 Å². The third-order valence-corrected chi connectivity index (χ3v) is 4.20. The van der Waals surface area contributed by atoms with Gasteiger partial charge in [0, 0.05) is 19.0 Å². The highest BCUT2D eigenvalue weighted by Gasteiger charge is 2.32. The van der Waals surface area contributed by atoms with Crippen LogP contribution in [-0.2, 0) is 12.6 Å². The fourth-order valence-electron chi connectivity index (χ4n) is 2.92. The lowest BCUT2D eigenvalue weighted by Crippen LogP contribution is -2.27. The van der Waals surface area contributed by atoms with E-state index >= 15 is 0 Å². The molecule has 3 aromatic heterocycles. The van der Waals surface area contributed by atoms with Gasteiger partial charge in [-0.3, -0.25) is 0 Å². The van der Waals surface area contributed by atoms with Crippen LogP contribution in [0.2, 0.25) is 0 Å². The van der Waals surface area contributed by atoms with E-state index in [-0.39, 0.29) is 29.9 Å².